The average Bonchev–Trinajstić information content (AvgIpc) is 2.53. The molecule has 22 heavy (non-hydrogen) atoms. The van der Waals surface area contributed by atoms with Crippen molar-refractivity contribution >= 4 is 23.1 Å². The minimum Gasteiger partial charge on any atom is -0.396 e. The summed E-state index contributed by atoms with van der Waals surface area (Å²) in [4.78, 5) is 10.9. The Labute approximate surface area is 132 Å². The highest BCUT2D eigenvalue weighted by molar-refractivity contribution is 6.30. The highest BCUT2D eigenvalue weighted by Gasteiger charge is 2.19. The second kappa shape index (κ2) is 6.06. The molecular weight excluding hydrogens is 307 g/mol. The second-order valence-electron chi connectivity index (χ2n) is 5.12. The highest BCUT2D eigenvalue weighted by Crippen LogP contribution is 2.28. The van der Waals surface area contributed by atoms with Crippen molar-refractivity contribution in [3.8, 4) is 11.4 Å². The van der Waals surface area contributed by atoms with Crippen LogP contribution in [0.25, 0.3) is 11.4 Å². The summed E-state index contributed by atoms with van der Waals surface area (Å²) < 4.78 is 19.0. The quantitative estimate of drug-likeness (QED) is 0.680. The van der Waals surface area contributed by atoms with Crippen LogP contribution in [0.1, 0.15) is 5.56 Å². The molecule has 1 aliphatic rings. The van der Waals surface area contributed by atoms with Gasteiger partial charge in [-0.3, -0.25) is 0 Å². The van der Waals surface area contributed by atoms with Crippen LogP contribution in [0.5, 0.6) is 0 Å². The summed E-state index contributed by atoms with van der Waals surface area (Å²) in [5.74, 6) is 0.650. The van der Waals surface area contributed by atoms with Gasteiger partial charge in [-0.25, -0.2) is 14.4 Å². The molecule has 7 heteroatoms. The number of anilines is 2. The molecule has 1 aromatic heterocycles. The highest BCUT2D eigenvalue weighted by atomic mass is 35.5. The van der Waals surface area contributed by atoms with E-state index in [0.29, 0.717) is 29.8 Å². The molecule has 0 radical (unpaired) electrons. The molecule has 0 atom stereocenters. The van der Waals surface area contributed by atoms with Crippen molar-refractivity contribution in [2.24, 2.45) is 0 Å². The summed E-state index contributed by atoms with van der Waals surface area (Å²) in [6.07, 6.45) is 0. The van der Waals surface area contributed by atoms with Gasteiger partial charge >= 0.3 is 0 Å². The zero-order valence-electron chi connectivity index (χ0n) is 12.1. The molecular formula is C15H16ClFN4O. The van der Waals surface area contributed by atoms with Crippen molar-refractivity contribution in [2.45, 2.75) is 6.92 Å². The zero-order valence-corrected chi connectivity index (χ0v) is 12.9. The first kappa shape index (κ1) is 15.0. The van der Waals surface area contributed by atoms with Gasteiger partial charge in [-0.15, -0.1) is 0 Å². The molecule has 1 fully saturated rings. The molecule has 1 saturated heterocycles. The Bertz CT molecular complexity index is 704. The van der Waals surface area contributed by atoms with Gasteiger partial charge in [0.1, 0.15) is 16.8 Å². The third kappa shape index (κ3) is 2.84. The molecule has 0 aliphatic carbocycles. The lowest BCUT2D eigenvalue weighted by Crippen LogP contribution is -2.37. The maximum Gasteiger partial charge on any atom is 0.163 e. The Morgan fingerprint density at radius 1 is 1.27 bits per heavy atom. The summed E-state index contributed by atoms with van der Waals surface area (Å²) in [5.41, 5.74) is 6.95. The molecule has 116 valence electrons. The fourth-order valence-electron chi connectivity index (χ4n) is 2.36. The van der Waals surface area contributed by atoms with E-state index in [2.05, 4.69) is 14.9 Å². The lowest BCUT2D eigenvalue weighted by Gasteiger charge is -2.29. The van der Waals surface area contributed by atoms with E-state index >= 15 is 0 Å². The lowest BCUT2D eigenvalue weighted by molar-refractivity contribution is 0.122. The van der Waals surface area contributed by atoms with Crippen LogP contribution in [0, 0.1) is 12.7 Å². The summed E-state index contributed by atoms with van der Waals surface area (Å²) >= 11 is 6.23. The smallest absolute Gasteiger partial charge is 0.163 e. The van der Waals surface area contributed by atoms with Crippen LogP contribution in [-0.2, 0) is 4.74 Å². The monoisotopic (exact) mass is 322 g/mol. The summed E-state index contributed by atoms with van der Waals surface area (Å²) in [6.45, 7) is 4.65. The first-order valence-electron chi connectivity index (χ1n) is 6.98. The molecule has 2 aromatic rings. The van der Waals surface area contributed by atoms with Gasteiger partial charge in [0.15, 0.2) is 5.82 Å². The Morgan fingerprint density at radius 3 is 2.68 bits per heavy atom. The van der Waals surface area contributed by atoms with Gasteiger partial charge in [0.05, 0.1) is 18.9 Å². The van der Waals surface area contributed by atoms with Gasteiger partial charge in [-0.2, -0.15) is 0 Å². The SMILES string of the molecule is Cc1c(Cl)nc(-c2ccc(N)c(F)c2)nc1N1CCOCC1. The van der Waals surface area contributed by atoms with Crippen molar-refractivity contribution in [3.05, 3.63) is 34.7 Å². The number of benzene rings is 1. The van der Waals surface area contributed by atoms with Gasteiger partial charge in [-0.05, 0) is 25.1 Å². The Balaban J connectivity index is 2.05. The van der Waals surface area contributed by atoms with Crippen molar-refractivity contribution in [3.63, 3.8) is 0 Å². The minimum atomic E-state index is -0.495. The van der Waals surface area contributed by atoms with Gasteiger partial charge < -0.3 is 15.4 Å². The molecule has 0 spiro atoms. The molecule has 0 bridgehead atoms. The molecule has 2 N–H and O–H groups in total. The average molecular weight is 323 g/mol. The van der Waals surface area contributed by atoms with Crippen LogP contribution in [-0.4, -0.2) is 36.3 Å². The third-order valence-electron chi connectivity index (χ3n) is 3.63. The van der Waals surface area contributed by atoms with Crippen LogP contribution in [0.3, 0.4) is 0 Å². The predicted molar refractivity (Wildman–Crippen MR) is 84.6 cm³/mol. The summed E-state index contributed by atoms with van der Waals surface area (Å²) in [7, 11) is 0. The van der Waals surface area contributed by atoms with E-state index in [1.165, 1.54) is 12.1 Å². The van der Waals surface area contributed by atoms with E-state index in [1.54, 1.807) is 6.07 Å². The number of ether oxygens (including phenoxy) is 1. The Kier molecular flexibility index (Phi) is 4.13. The predicted octanol–water partition coefficient (Wildman–Crippen LogP) is 2.66. The van der Waals surface area contributed by atoms with E-state index in [-0.39, 0.29) is 5.69 Å². The van der Waals surface area contributed by atoms with Crippen LogP contribution in [0.4, 0.5) is 15.9 Å². The standard InChI is InChI=1S/C15H16ClFN4O/c1-9-13(16)19-14(10-2-3-12(18)11(17)8-10)20-15(9)21-4-6-22-7-5-21/h2-3,8H,4-7,18H2,1H3. The molecule has 5 nitrogen and oxygen atoms in total. The minimum absolute atomic E-state index is 0.0929. The number of hydrogen-bond donors (Lipinski definition) is 1. The fraction of sp³-hybridized carbons (Fsp3) is 0.333. The second-order valence-corrected chi connectivity index (χ2v) is 5.48. The van der Waals surface area contributed by atoms with E-state index < -0.39 is 5.82 Å². The largest absolute Gasteiger partial charge is 0.396 e. The molecule has 2 heterocycles. The Morgan fingerprint density at radius 2 is 2.00 bits per heavy atom. The van der Waals surface area contributed by atoms with Crippen LogP contribution in [0.15, 0.2) is 18.2 Å². The first-order chi connectivity index (χ1) is 10.6. The van der Waals surface area contributed by atoms with Crippen LogP contribution >= 0.6 is 11.6 Å². The number of nitrogens with zero attached hydrogens (tertiary/aromatic N) is 3. The molecule has 3 rings (SSSR count). The summed E-state index contributed by atoms with van der Waals surface area (Å²) in [6, 6.07) is 4.50. The number of nitrogens with two attached hydrogens (primary N) is 1. The number of morpholine rings is 1. The van der Waals surface area contributed by atoms with E-state index in [0.717, 1.165) is 24.5 Å². The zero-order chi connectivity index (χ0) is 15.7. The van der Waals surface area contributed by atoms with E-state index in [1.807, 2.05) is 6.92 Å². The molecule has 0 amide bonds. The van der Waals surface area contributed by atoms with Gasteiger partial charge in [0.25, 0.3) is 0 Å². The van der Waals surface area contributed by atoms with Gasteiger partial charge in [0.2, 0.25) is 0 Å². The van der Waals surface area contributed by atoms with E-state index in [4.69, 9.17) is 22.1 Å². The molecule has 0 saturated carbocycles. The number of halogens is 2. The number of rotatable bonds is 2. The van der Waals surface area contributed by atoms with E-state index in [9.17, 15) is 4.39 Å². The van der Waals surface area contributed by atoms with Crippen molar-refractivity contribution in [1.82, 2.24) is 9.97 Å². The van der Waals surface area contributed by atoms with Gasteiger partial charge in [-0.1, -0.05) is 11.6 Å². The lowest BCUT2D eigenvalue weighted by atomic mass is 10.1. The van der Waals surface area contributed by atoms with Crippen molar-refractivity contribution < 1.29 is 9.13 Å². The molecule has 1 aliphatic heterocycles. The number of aromatic nitrogens is 2. The van der Waals surface area contributed by atoms with Gasteiger partial charge in [0, 0.05) is 24.2 Å². The maximum atomic E-state index is 13.7. The maximum absolute atomic E-state index is 13.7. The van der Waals surface area contributed by atoms with Crippen molar-refractivity contribution in [1.29, 1.82) is 0 Å². The molecule has 1 aromatic carbocycles. The fourth-order valence-corrected chi connectivity index (χ4v) is 2.52. The summed E-state index contributed by atoms with van der Waals surface area (Å²) in [5, 5.41) is 0.365. The number of hydrogen-bond acceptors (Lipinski definition) is 5. The Hall–Kier alpha value is -1.92. The first-order valence-corrected chi connectivity index (χ1v) is 7.36. The van der Waals surface area contributed by atoms with Crippen LogP contribution in [0.2, 0.25) is 5.15 Å². The van der Waals surface area contributed by atoms with Crippen LogP contribution < -0.4 is 10.6 Å². The van der Waals surface area contributed by atoms with Crippen molar-refractivity contribution in [2.75, 3.05) is 36.9 Å². The number of nitrogen functional groups attached to an aromatic ring is 1. The molecule has 0 unspecified atom stereocenters. The third-order valence-corrected chi connectivity index (χ3v) is 4.00. The normalized spacial score (nSPS) is 15.1. The topological polar surface area (TPSA) is 64.3 Å².